The van der Waals surface area contributed by atoms with Gasteiger partial charge in [0.1, 0.15) is 5.75 Å². The van der Waals surface area contributed by atoms with E-state index in [1.165, 1.54) is 12.8 Å². The number of pyridine rings is 1. The molecule has 1 aliphatic heterocycles. The summed E-state index contributed by atoms with van der Waals surface area (Å²) in [6.45, 7) is 11.0. The molecule has 1 aromatic carbocycles. The van der Waals surface area contributed by atoms with Crippen LogP contribution in [0.2, 0.25) is 5.02 Å². The molecule has 1 unspecified atom stereocenters. The van der Waals surface area contributed by atoms with E-state index in [0.29, 0.717) is 30.1 Å². The Morgan fingerprint density at radius 1 is 1.22 bits per heavy atom. The van der Waals surface area contributed by atoms with Crippen LogP contribution >= 0.6 is 11.6 Å². The zero-order valence-corrected chi connectivity index (χ0v) is 17.4. The number of hydrogen-bond acceptors (Lipinski definition) is 4. The molecule has 1 saturated heterocycles. The molecule has 5 heteroatoms. The number of rotatable bonds is 6. The molecule has 0 amide bonds. The quantitative estimate of drug-likeness (QED) is 0.694. The first-order chi connectivity index (χ1) is 12.9. The molecule has 0 aliphatic carbocycles. The second kappa shape index (κ2) is 8.94. The van der Waals surface area contributed by atoms with Crippen molar-refractivity contribution in [3.8, 4) is 17.4 Å². The average Bonchev–Trinajstić information content (AvgIpc) is 2.64. The van der Waals surface area contributed by atoms with Crippen LogP contribution in [-0.2, 0) is 0 Å². The van der Waals surface area contributed by atoms with Crippen molar-refractivity contribution in [3.63, 3.8) is 0 Å². The Balaban J connectivity index is 1.84. The molecule has 0 spiro atoms. The summed E-state index contributed by atoms with van der Waals surface area (Å²) in [4.78, 5) is 4.59. The van der Waals surface area contributed by atoms with Gasteiger partial charge in [-0.05, 0) is 74.5 Å². The van der Waals surface area contributed by atoms with Crippen molar-refractivity contribution in [2.45, 2.75) is 46.5 Å². The molecule has 1 N–H and O–H groups in total. The van der Waals surface area contributed by atoms with Gasteiger partial charge < -0.3 is 14.8 Å². The second-order valence-corrected chi connectivity index (χ2v) is 8.08. The predicted molar refractivity (Wildman–Crippen MR) is 110 cm³/mol. The Hall–Kier alpha value is -1.78. The number of aromatic nitrogens is 1. The Bertz CT molecular complexity index is 786. The molecule has 4 nitrogen and oxygen atoms in total. The lowest BCUT2D eigenvalue weighted by Gasteiger charge is -2.23. The number of halogens is 1. The minimum Gasteiger partial charge on any atom is -0.488 e. The third kappa shape index (κ3) is 5.14. The van der Waals surface area contributed by atoms with Gasteiger partial charge in [0, 0.05) is 23.2 Å². The standard InChI is InChI=1S/C22H29ClN2O2/c1-14(2)18-11-19(23)15(3)10-21(18)27-22-20(8-7-16(4)25-22)26-13-17-6-5-9-24-12-17/h7-8,10-11,14,17,24H,5-6,9,12-13H2,1-4H3. The van der Waals surface area contributed by atoms with E-state index in [1.807, 2.05) is 38.1 Å². The summed E-state index contributed by atoms with van der Waals surface area (Å²) in [6, 6.07) is 7.88. The van der Waals surface area contributed by atoms with Crippen LogP contribution in [0, 0.1) is 19.8 Å². The highest BCUT2D eigenvalue weighted by atomic mass is 35.5. The fraction of sp³-hybridized carbons (Fsp3) is 0.500. The molecule has 1 fully saturated rings. The van der Waals surface area contributed by atoms with Crippen LogP contribution in [-0.4, -0.2) is 24.7 Å². The van der Waals surface area contributed by atoms with Crippen molar-refractivity contribution in [1.82, 2.24) is 10.3 Å². The van der Waals surface area contributed by atoms with Crippen LogP contribution in [0.4, 0.5) is 0 Å². The third-order valence-electron chi connectivity index (χ3n) is 4.96. The molecule has 1 aliphatic rings. The van der Waals surface area contributed by atoms with E-state index in [1.54, 1.807) is 0 Å². The molecule has 0 saturated carbocycles. The highest BCUT2D eigenvalue weighted by Gasteiger charge is 2.18. The molecule has 2 aromatic rings. The summed E-state index contributed by atoms with van der Waals surface area (Å²) >= 11 is 6.32. The van der Waals surface area contributed by atoms with E-state index in [2.05, 4.69) is 24.1 Å². The Kier molecular flexibility index (Phi) is 6.61. The number of ether oxygens (including phenoxy) is 2. The number of hydrogen-bond donors (Lipinski definition) is 1. The maximum atomic E-state index is 6.32. The lowest BCUT2D eigenvalue weighted by molar-refractivity contribution is 0.211. The molecule has 1 aromatic heterocycles. The van der Waals surface area contributed by atoms with Gasteiger partial charge in [0.25, 0.3) is 5.88 Å². The molecule has 3 rings (SSSR count). The first-order valence-electron chi connectivity index (χ1n) is 9.73. The Labute approximate surface area is 167 Å². The van der Waals surface area contributed by atoms with Crippen molar-refractivity contribution < 1.29 is 9.47 Å². The minimum atomic E-state index is 0.292. The maximum absolute atomic E-state index is 6.32. The lowest BCUT2D eigenvalue weighted by atomic mass is 10.0. The summed E-state index contributed by atoms with van der Waals surface area (Å²) < 4.78 is 12.4. The van der Waals surface area contributed by atoms with E-state index >= 15 is 0 Å². The summed E-state index contributed by atoms with van der Waals surface area (Å²) in [7, 11) is 0. The van der Waals surface area contributed by atoms with Crippen LogP contribution in [0.3, 0.4) is 0 Å². The Morgan fingerprint density at radius 3 is 2.74 bits per heavy atom. The number of benzene rings is 1. The number of piperidine rings is 1. The van der Waals surface area contributed by atoms with Gasteiger partial charge in [0.2, 0.25) is 0 Å². The molecule has 0 radical (unpaired) electrons. The van der Waals surface area contributed by atoms with Gasteiger partial charge in [-0.2, -0.15) is 0 Å². The van der Waals surface area contributed by atoms with Crippen LogP contribution in [0.25, 0.3) is 0 Å². The van der Waals surface area contributed by atoms with E-state index in [4.69, 9.17) is 21.1 Å². The van der Waals surface area contributed by atoms with E-state index in [-0.39, 0.29) is 0 Å². The monoisotopic (exact) mass is 388 g/mol. The van der Waals surface area contributed by atoms with E-state index in [0.717, 1.165) is 40.7 Å². The van der Waals surface area contributed by atoms with Gasteiger partial charge >= 0.3 is 0 Å². The third-order valence-corrected chi connectivity index (χ3v) is 5.36. The molecular weight excluding hydrogens is 360 g/mol. The smallest absolute Gasteiger partial charge is 0.262 e. The molecule has 146 valence electrons. The SMILES string of the molecule is Cc1ccc(OCC2CCCNC2)c(Oc2cc(C)c(Cl)cc2C(C)C)n1. The topological polar surface area (TPSA) is 43.4 Å². The molecule has 27 heavy (non-hydrogen) atoms. The molecule has 1 atom stereocenters. The average molecular weight is 389 g/mol. The first kappa shape index (κ1) is 20.0. The minimum absolute atomic E-state index is 0.292. The predicted octanol–water partition coefficient (Wildman–Crippen LogP) is 5.65. The van der Waals surface area contributed by atoms with Gasteiger partial charge in [0.15, 0.2) is 5.75 Å². The largest absolute Gasteiger partial charge is 0.488 e. The Morgan fingerprint density at radius 2 is 2.04 bits per heavy atom. The fourth-order valence-corrected chi connectivity index (χ4v) is 3.46. The van der Waals surface area contributed by atoms with Crippen LogP contribution in [0.1, 0.15) is 49.4 Å². The zero-order chi connectivity index (χ0) is 19.4. The highest BCUT2D eigenvalue weighted by molar-refractivity contribution is 6.31. The second-order valence-electron chi connectivity index (χ2n) is 7.68. The summed E-state index contributed by atoms with van der Waals surface area (Å²) in [5.74, 6) is 2.81. The van der Waals surface area contributed by atoms with E-state index < -0.39 is 0 Å². The van der Waals surface area contributed by atoms with Crippen molar-refractivity contribution in [1.29, 1.82) is 0 Å². The van der Waals surface area contributed by atoms with Gasteiger partial charge in [-0.15, -0.1) is 0 Å². The number of nitrogens with zero attached hydrogens (tertiary/aromatic N) is 1. The van der Waals surface area contributed by atoms with Crippen molar-refractivity contribution in [2.24, 2.45) is 5.92 Å². The summed E-state index contributed by atoms with van der Waals surface area (Å²) in [6.07, 6.45) is 2.39. The first-order valence-corrected chi connectivity index (χ1v) is 10.1. The van der Waals surface area contributed by atoms with Gasteiger partial charge in [-0.3, -0.25) is 0 Å². The highest BCUT2D eigenvalue weighted by Crippen LogP contribution is 2.37. The van der Waals surface area contributed by atoms with Crippen molar-refractivity contribution in [2.75, 3.05) is 19.7 Å². The van der Waals surface area contributed by atoms with Crippen molar-refractivity contribution >= 4 is 11.6 Å². The zero-order valence-electron chi connectivity index (χ0n) is 16.6. The normalized spacial score (nSPS) is 17.2. The number of nitrogens with one attached hydrogen (secondary N) is 1. The molecule has 0 bridgehead atoms. The van der Waals surface area contributed by atoms with E-state index in [9.17, 15) is 0 Å². The summed E-state index contributed by atoms with van der Waals surface area (Å²) in [5, 5.41) is 4.18. The molecular formula is C22H29ClN2O2. The lowest BCUT2D eigenvalue weighted by Crippen LogP contribution is -2.33. The number of aryl methyl sites for hydroxylation is 2. The van der Waals surface area contributed by atoms with Gasteiger partial charge in [-0.25, -0.2) is 4.98 Å². The van der Waals surface area contributed by atoms with Gasteiger partial charge in [-0.1, -0.05) is 25.4 Å². The van der Waals surface area contributed by atoms with Crippen LogP contribution in [0.15, 0.2) is 24.3 Å². The van der Waals surface area contributed by atoms with Crippen molar-refractivity contribution in [3.05, 3.63) is 46.1 Å². The maximum Gasteiger partial charge on any atom is 0.262 e. The fourth-order valence-electron chi connectivity index (χ4n) is 3.29. The van der Waals surface area contributed by atoms with Gasteiger partial charge in [0.05, 0.1) is 6.61 Å². The summed E-state index contributed by atoms with van der Waals surface area (Å²) in [5.41, 5.74) is 2.95. The van der Waals surface area contributed by atoms with Crippen LogP contribution < -0.4 is 14.8 Å². The molecule has 2 heterocycles. The van der Waals surface area contributed by atoms with Crippen LogP contribution in [0.5, 0.6) is 17.4 Å².